The van der Waals surface area contributed by atoms with E-state index in [1.54, 1.807) is 6.20 Å². The van der Waals surface area contributed by atoms with E-state index in [4.69, 9.17) is 11.6 Å². The first-order chi connectivity index (χ1) is 11.7. The number of piperidine rings is 1. The third-order valence-electron chi connectivity index (χ3n) is 5.04. The lowest BCUT2D eigenvalue weighted by atomic mass is 9.96. The van der Waals surface area contributed by atoms with E-state index < -0.39 is 0 Å². The van der Waals surface area contributed by atoms with Crippen LogP contribution in [0.2, 0.25) is 5.02 Å². The van der Waals surface area contributed by atoms with Crippen LogP contribution in [0.3, 0.4) is 0 Å². The number of hydrogen-bond donors (Lipinski definition) is 1. The van der Waals surface area contributed by atoms with Gasteiger partial charge in [-0.2, -0.15) is 5.10 Å². The minimum atomic E-state index is -0.340. The molecule has 7 nitrogen and oxygen atoms in total. The molecule has 0 aromatic carbocycles. The summed E-state index contributed by atoms with van der Waals surface area (Å²) in [7, 11) is 0. The molecule has 0 amide bonds. The predicted molar refractivity (Wildman–Crippen MR) is 91.6 cm³/mol. The van der Waals surface area contributed by atoms with Gasteiger partial charge in [-0.15, -0.1) is 10.2 Å². The number of anilines is 1. The molecule has 1 atom stereocenters. The van der Waals surface area contributed by atoms with Crippen molar-refractivity contribution in [1.29, 1.82) is 0 Å². The Hall–Kier alpha value is -1.89. The first kappa shape index (κ1) is 15.6. The molecule has 8 heteroatoms. The van der Waals surface area contributed by atoms with Gasteiger partial charge in [-0.3, -0.25) is 4.79 Å². The van der Waals surface area contributed by atoms with Crippen LogP contribution in [0, 0.1) is 0 Å². The Kier molecular flexibility index (Phi) is 4.26. The second-order valence-corrected chi connectivity index (χ2v) is 7.00. The first-order valence-electron chi connectivity index (χ1n) is 8.64. The average molecular weight is 349 g/mol. The fourth-order valence-corrected chi connectivity index (χ4v) is 4.02. The Balaban J connectivity index is 1.61. The minimum absolute atomic E-state index is 0.214. The van der Waals surface area contributed by atoms with E-state index in [-0.39, 0.29) is 10.6 Å². The normalized spacial score (nSPS) is 21.4. The molecule has 1 N–H and O–H groups in total. The molecule has 1 fully saturated rings. The smallest absolute Gasteiger partial charge is 0.285 e. The van der Waals surface area contributed by atoms with E-state index in [1.807, 2.05) is 0 Å². The van der Waals surface area contributed by atoms with E-state index in [0.29, 0.717) is 11.6 Å². The highest BCUT2D eigenvalue weighted by atomic mass is 35.5. The van der Waals surface area contributed by atoms with Crippen molar-refractivity contribution in [3.63, 3.8) is 0 Å². The summed E-state index contributed by atoms with van der Waals surface area (Å²) in [6.45, 7) is 2.69. The molecule has 0 saturated carbocycles. The third kappa shape index (κ3) is 2.81. The van der Waals surface area contributed by atoms with Gasteiger partial charge < -0.3 is 9.47 Å². The van der Waals surface area contributed by atoms with Gasteiger partial charge in [0.05, 0.1) is 11.9 Å². The number of H-pyrrole nitrogens is 1. The summed E-state index contributed by atoms with van der Waals surface area (Å²) >= 11 is 6.18. The third-order valence-corrected chi connectivity index (χ3v) is 5.41. The van der Waals surface area contributed by atoms with Crippen LogP contribution in [0.4, 0.5) is 5.69 Å². The Bertz CT molecular complexity index is 785. The van der Waals surface area contributed by atoms with Gasteiger partial charge in [0, 0.05) is 32.0 Å². The van der Waals surface area contributed by atoms with E-state index in [0.717, 1.165) is 50.5 Å². The van der Waals surface area contributed by atoms with Gasteiger partial charge in [0.25, 0.3) is 5.56 Å². The molecule has 1 unspecified atom stereocenters. The van der Waals surface area contributed by atoms with Crippen LogP contribution >= 0.6 is 11.6 Å². The maximum atomic E-state index is 11.7. The van der Waals surface area contributed by atoms with Crippen molar-refractivity contribution in [3.05, 3.63) is 33.2 Å². The molecule has 2 aliphatic rings. The van der Waals surface area contributed by atoms with Gasteiger partial charge in [-0.05, 0) is 25.7 Å². The summed E-state index contributed by atoms with van der Waals surface area (Å²) in [5, 5.41) is 15.4. The molecule has 2 aliphatic heterocycles. The quantitative estimate of drug-likeness (QED) is 0.899. The average Bonchev–Trinajstić information content (AvgIpc) is 2.86. The Morgan fingerprint density at radius 3 is 3.00 bits per heavy atom. The van der Waals surface area contributed by atoms with Gasteiger partial charge in [-0.1, -0.05) is 18.0 Å². The molecule has 0 spiro atoms. The van der Waals surface area contributed by atoms with Gasteiger partial charge in [0.1, 0.15) is 16.7 Å². The van der Waals surface area contributed by atoms with E-state index in [9.17, 15) is 4.79 Å². The Morgan fingerprint density at radius 1 is 1.17 bits per heavy atom. The van der Waals surface area contributed by atoms with Crippen LogP contribution in [-0.2, 0) is 13.0 Å². The highest BCUT2D eigenvalue weighted by Gasteiger charge is 2.28. The van der Waals surface area contributed by atoms with E-state index in [1.165, 1.54) is 19.3 Å². The zero-order valence-corrected chi connectivity index (χ0v) is 14.3. The van der Waals surface area contributed by atoms with Crippen molar-refractivity contribution < 1.29 is 0 Å². The van der Waals surface area contributed by atoms with Gasteiger partial charge in [0.2, 0.25) is 0 Å². The monoisotopic (exact) mass is 348 g/mol. The van der Waals surface area contributed by atoms with Crippen molar-refractivity contribution in [1.82, 2.24) is 25.0 Å². The molecule has 4 rings (SSSR count). The predicted octanol–water partition coefficient (Wildman–Crippen LogP) is 2.13. The molecule has 128 valence electrons. The first-order valence-corrected chi connectivity index (χ1v) is 9.02. The number of fused-ring (bicyclic) bond motifs is 1. The van der Waals surface area contributed by atoms with Crippen LogP contribution in [-0.4, -0.2) is 38.1 Å². The van der Waals surface area contributed by atoms with Crippen LogP contribution in [0.1, 0.15) is 49.7 Å². The molecule has 4 heterocycles. The summed E-state index contributed by atoms with van der Waals surface area (Å²) < 4.78 is 2.32. The van der Waals surface area contributed by atoms with E-state index >= 15 is 0 Å². The van der Waals surface area contributed by atoms with Gasteiger partial charge in [0.15, 0.2) is 0 Å². The van der Waals surface area contributed by atoms with E-state index in [2.05, 4.69) is 29.9 Å². The molecular weight excluding hydrogens is 328 g/mol. The SMILES string of the molecule is O=c1[nH]ncc(N2CCCC(c3nnc4n3CCCCC4)C2)c1Cl. The topological polar surface area (TPSA) is 79.7 Å². The zero-order valence-electron chi connectivity index (χ0n) is 13.5. The Morgan fingerprint density at radius 2 is 2.08 bits per heavy atom. The number of aromatic amines is 1. The number of hydrogen-bond acceptors (Lipinski definition) is 5. The number of rotatable bonds is 2. The lowest BCUT2D eigenvalue weighted by Crippen LogP contribution is -2.36. The number of aryl methyl sites for hydroxylation is 1. The number of halogens is 1. The molecule has 0 aliphatic carbocycles. The number of nitrogens with zero attached hydrogens (tertiary/aromatic N) is 5. The van der Waals surface area contributed by atoms with Crippen molar-refractivity contribution >= 4 is 17.3 Å². The summed E-state index contributed by atoms with van der Waals surface area (Å²) in [4.78, 5) is 13.9. The maximum Gasteiger partial charge on any atom is 0.285 e. The van der Waals surface area contributed by atoms with Crippen molar-refractivity contribution in [2.75, 3.05) is 18.0 Å². The summed E-state index contributed by atoms with van der Waals surface area (Å²) in [5.41, 5.74) is 0.369. The minimum Gasteiger partial charge on any atom is -0.368 e. The fraction of sp³-hybridized carbons (Fsp3) is 0.625. The Labute approximate surface area is 145 Å². The molecule has 0 bridgehead atoms. The van der Waals surface area contributed by atoms with Gasteiger partial charge >= 0.3 is 0 Å². The molecule has 0 radical (unpaired) electrons. The standard InChI is InChI=1S/C16H21ClN6O/c17-14-12(9-18-21-16(14)24)22-7-4-5-11(10-22)15-20-19-13-6-2-1-3-8-23(13)15/h9,11H,1-8,10H2,(H,21,24). The number of aromatic nitrogens is 5. The maximum absolute atomic E-state index is 11.7. The van der Waals surface area contributed by atoms with Crippen molar-refractivity contribution in [3.8, 4) is 0 Å². The van der Waals surface area contributed by atoms with Crippen LogP contribution < -0.4 is 10.5 Å². The highest BCUT2D eigenvalue weighted by Crippen LogP contribution is 2.32. The van der Waals surface area contributed by atoms with Crippen LogP contribution in [0.5, 0.6) is 0 Å². The molecule has 1 saturated heterocycles. The van der Waals surface area contributed by atoms with Crippen LogP contribution in [0.25, 0.3) is 0 Å². The largest absolute Gasteiger partial charge is 0.368 e. The fourth-order valence-electron chi connectivity index (χ4n) is 3.81. The second-order valence-electron chi connectivity index (χ2n) is 6.62. The molecular formula is C16H21ClN6O. The molecule has 2 aromatic heterocycles. The summed E-state index contributed by atoms with van der Waals surface area (Å²) in [5.74, 6) is 2.52. The zero-order chi connectivity index (χ0) is 16.5. The second kappa shape index (κ2) is 6.55. The lowest BCUT2D eigenvalue weighted by molar-refractivity contribution is 0.465. The van der Waals surface area contributed by atoms with Gasteiger partial charge in [-0.25, -0.2) is 5.10 Å². The lowest BCUT2D eigenvalue weighted by Gasteiger charge is -2.34. The highest BCUT2D eigenvalue weighted by molar-refractivity contribution is 6.33. The van der Waals surface area contributed by atoms with Crippen molar-refractivity contribution in [2.24, 2.45) is 0 Å². The summed E-state index contributed by atoms with van der Waals surface area (Å²) in [6, 6.07) is 0. The summed E-state index contributed by atoms with van der Waals surface area (Å²) in [6.07, 6.45) is 8.43. The van der Waals surface area contributed by atoms with Crippen LogP contribution in [0.15, 0.2) is 11.0 Å². The van der Waals surface area contributed by atoms with Crippen molar-refractivity contribution in [2.45, 2.75) is 51.0 Å². The number of nitrogens with one attached hydrogen (secondary N) is 1. The molecule has 24 heavy (non-hydrogen) atoms. The molecule has 2 aromatic rings.